The van der Waals surface area contributed by atoms with E-state index in [-0.39, 0.29) is 28.1 Å². The molecule has 4 bridgehead atoms. The van der Waals surface area contributed by atoms with Crippen molar-refractivity contribution in [2.75, 3.05) is 11.1 Å². The Kier molecular flexibility index (Phi) is 6.11. The zero-order chi connectivity index (χ0) is 23.2. The number of carbonyl (C=O) groups is 1. The summed E-state index contributed by atoms with van der Waals surface area (Å²) in [5.74, 6) is 3.54. The summed E-state index contributed by atoms with van der Waals surface area (Å²) in [6.07, 6.45) is 9.21. The molecule has 0 unspecified atom stereocenters. The van der Waals surface area contributed by atoms with E-state index in [0.29, 0.717) is 5.41 Å². The standard InChI is InChI=1S/C23H28ClN5O3S/c1-2-28-20(12-23-9-14-5-15(10-23)7-16(6-14)11-23)26-27-22(28)33-13-21(30)25-19-8-17(29(31)32)3-4-18(19)24/h3-4,8,14-16H,2,5-7,9-13H2,1H3,(H,25,30). The van der Waals surface area contributed by atoms with Gasteiger partial charge in [-0.2, -0.15) is 0 Å². The quantitative estimate of drug-likeness (QED) is 0.304. The molecule has 10 heteroatoms. The summed E-state index contributed by atoms with van der Waals surface area (Å²) in [5.41, 5.74) is 0.491. The molecular weight excluding hydrogens is 462 g/mol. The first-order valence-corrected chi connectivity index (χ1v) is 13.0. The Balaban J connectivity index is 1.24. The van der Waals surface area contributed by atoms with Gasteiger partial charge in [0.2, 0.25) is 5.91 Å². The fourth-order valence-electron chi connectivity index (χ4n) is 6.76. The number of nitro benzene ring substituents is 1. The molecule has 1 heterocycles. The number of nitro groups is 1. The first-order valence-electron chi connectivity index (χ1n) is 11.6. The predicted octanol–water partition coefficient (Wildman–Crippen LogP) is 5.35. The minimum absolute atomic E-state index is 0.120. The van der Waals surface area contributed by atoms with Crippen LogP contribution in [0.4, 0.5) is 11.4 Å². The fraction of sp³-hybridized carbons (Fsp3) is 0.609. The van der Waals surface area contributed by atoms with Crippen molar-refractivity contribution in [2.24, 2.45) is 23.2 Å². The van der Waals surface area contributed by atoms with E-state index in [1.807, 2.05) is 0 Å². The van der Waals surface area contributed by atoms with E-state index in [1.165, 1.54) is 68.5 Å². The van der Waals surface area contributed by atoms with Gasteiger partial charge in [-0.05, 0) is 74.7 Å². The van der Waals surface area contributed by atoms with E-state index in [2.05, 4.69) is 27.0 Å². The zero-order valence-electron chi connectivity index (χ0n) is 18.6. The van der Waals surface area contributed by atoms with Crippen LogP contribution in [0.15, 0.2) is 23.4 Å². The molecular formula is C23H28ClN5O3S. The van der Waals surface area contributed by atoms with Crippen molar-refractivity contribution >= 4 is 40.6 Å². The summed E-state index contributed by atoms with van der Waals surface area (Å²) < 4.78 is 2.14. The van der Waals surface area contributed by atoms with Crippen LogP contribution in [0, 0.1) is 33.3 Å². The van der Waals surface area contributed by atoms with E-state index in [9.17, 15) is 14.9 Å². The molecule has 4 fully saturated rings. The molecule has 0 saturated heterocycles. The van der Waals surface area contributed by atoms with Gasteiger partial charge in [-0.3, -0.25) is 14.9 Å². The second-order valence-corrected chi connectivity index (χ2v) is 11.3. The second-order valence-electron chi connectivity index (χ2n) is 10.00. The van der Waals surface area contributed by atoms with E-state index in [4.69, 9.17) is 11.6 Å². The van der Waals surface area contributed by atoms with Crippen molar-refractivity contribution in [1.29, 1.82) is 0 Å². The van der Waals surface area contributed by atoms with Gasteiger partial charge < -0.3 is 9.88 Å². The van der Waals surface area contributed by atoms with Crippen molar-refractivity contribution < 1.29 is 9.72 Å². The van der Waals surface area contributed by atoms with E-state index in [1.54, 1.807) is 0 Å². The van der Waals surface area contributed by atoms with Crippen molar-refractivity contribution in [3.05, 3.63) is 39.2 Å². The molecule has 8 nitrogen and oxygen atoms in total. The van der Waals surface area contributed by atoms with Gasteiger partial charge in [0.1, 0.15) is 5.82 Å². The molecule has 0 aliphatic heterocycles. The maximum Gasteiger partial charge on any atom is 0.271 e. The van der Waals surface area contributed by atoms with E-state index < -0.39 is 4.92 Å². The number of aromatic nitrogens is 3. The number of benzene rings is 1. The normalized spacial score (nSPS) is 27.6. The molecule has 4 aliphatic carbocycles. The minimum atomic E-state index is -0.518. The lowest BCUT2D eigenvalue weighted by molar-refractivity contribution is -0.384. The molecule has 1 aromatic carbocycles. The van der Waals surface area contributed by atoms with Crippen molar-refractivity contribution in [3.8, 4) is 0 Å². The number of hydrogen-bond donors (Lipinski definition) is 1. The Morgan fingerprint density at radius 1 is 1.24 bits per heavy atom. The Hall–Kier alpha value is -2.13. The van der Waals surface area contributed by atoms with Crippen molar-refractivity contribution in [1.82, 2.24) is 14.8 Å². The SMILES string of the molecule is CCn1c(CC23CC4CC(CC(C4)C2)C3)nnc1SCC(=O)Nc1cc([N+](=O)[O-])ccc1Cl. The minimum Gasteiger partial charge on any atom is -0.324 e. The van der Waals surface area contributed by atoms with Gasteiger partial charge in [0.05, 0.1) is 21.4 Å². The van der Waals surface area contributed by atoms with Gasteiger partial charge in [-0.25, -0.2) is 0 Å². The summed E-state index contributed by atoms with van der Waals surface area (Å²) in [6, 6.07) is 3.98. The Morgan fingerprint density at radius 2 is 1.91 bits per heavy atom. The number of amides is 1. The number of nitrogens with one attached hydrogen (secondary N) is 1. The van der Waals surface area contributed by atoms with Crippen LogP contribution in [0.5, 0.6) is 0 Å². The zero-order valence-corrected chi connectivity index (χ0v) is 20.2. The second kappa shape index (κ2) is 8.91. The van der Waals surface area contributed by atoms with Crippen LogP contribution in [0.1, 0.15) is 51.3 Å². The molecule has 2 aromatic rings. The van der Waals surface area contributed by atoms with Gasteiger partial charge in [0.15, 0.2) is 5.16 Å². The van der Waals surface area contributed by atoms with Crippen LogP contribution in [0.3, 0.4) is 0 Å². The van der Waals surface area contributed by atoms with Crippen molar-refractivity contribution in [3.63, 3.8) is 0 Å². The molecule has 4 saturated carbocycles. The van der Waals surface area contributed by atoms with Gasteiger partial charge in [0.25, 0.3) is 5.69 Å². The fourth-order valence-corrected chi connectivity index (χ4v) is 7.74. The lowest BCUT2D eigenvalue weighted by Crippen LogP contribution is -2.47. The van der Waals surface area contributed by atoms with E-state index in [0.717, 1.165) is 41.7 Å². The van der Waals surface area contributed by atoms with Gasteiger partial charge in [-0.15, -0.1) is 10.2 Å². The molecule has 1 amide bonds. The molecule has 0 atom stereocenters. The lowest BCUT2D eigenvalue weighted by atomic mass is 9.49. The molecule has 33 heavy (non-hydrogen) atoms. The maximum absolute atomic E-state index is 12.5. The van der Waals surface area contributed by atoms with Crippen LogP contribution in [0.2, 0.25) is 5.02 Å². The number of halogens is 1. The number of nitrogens with zero attached hydrogens (tertiary/aromatic N) is 4. The highest BCUT2D eigenvalue weighted by atomic mass is 35.5. The predicted molar refractivity (Wildman–Crippen MR) is 127 cm³/mol. The number of carbonyl (C=O) groups excluding carboxylic acids is 1. The third-order valence-electron chi connectivity index (χ3n) is 7.58. The molecule has 6 rings (SSSR count). The first-order chi connectivity index (χ1) is 15.8. The summed E-state index contributed by atoms with van der Waals surface area (Å²) in [4.78, 5) is 23.0. The summed E-state index contributed by atoms with van der Waals surface area (Å²) in [7, 11) is 0. The van der Waals surface area contributed by atoms with Crippen LogP contribution in [-0.2, 0) is 17.8 Å². The summed E-state index contributed by atoms with van der Waals surface area (Å²) >= 11 is 7.42. The Labute approximate surface area is 202 Å². The number of anilines is 1. The average molecular weight is 490 g/mol. The Bertz CT molecular complexity index is 1050. The Morgan fingerprint density at radius 3 is 2.52 bits per heavy atom. The van der Waals surface area contributed by atoms with Crippen LogP contribution in [0.25, 0.3) is 0 Å². The van der Waals surface area contributed by atoms with Crippen LogP contribution < -0.4 is 5.32 Å². The highest BCUT2D eigenvalue weighted by Crippen LogP contribution is 2.61. The van der Waals surface area contributed by atoms with Crippen molar-refractivity contribution in [2.45, 2.75) is 63.6 Å². The molecule has 176 valence electrons. The number of hydrogen-bond acceptors (Lipinski definition) is 6. The van der Waals surface area contributed by atoms with Crippen LogP contribution in [-0.4, -0.2) is 31.3 Å². The maximum atomic E-state index is 12.5. The number of rotatable bonds is 8. The highest BCUT2D eigenvalue weighted by molar-refractivity contribution is 7.99. The third-order valence-corrected chi connectivity index (χ3v) is 8.87. The number of non-ortho nitro benzene ring substituents is 1. The molecule has 0 spiro atoms. The highest BCUT2D eigenvalue weighted by Gasteiger charge is 2.51. The average Bonchev–Trinajstić information content (AvgIpc) is 3.13. The first kappa shape index (κ1) is 22.7. The van der Waals surface area contributed by atoms with Crippen LogP contribution >= 0.6 is 23.4 Å². The van der Waals surface area contributed by atoms with Gasteiger partial charge in [-0.1, -0.05) is 23.4 Å². The molecule has 4 aliphatic rings. The third kappa shape index (κ3) is 4.62. The summed E-state index contributed by atoms with van der Waals surface area (Å²) in [6.45, 7) is 2.84. The van der Waals surface area contributed by atoms with Gasteiger partial charge >= 0.3 is 0 Å². The summed E-state index contributed by atoms with van der Waals surface area (Å²) in [5, 5.41) is 23.6. The molecule has 0 radical (unpaired) electrons. The number of thioether (sulfide) groups is 1. The van der Waals surface area contributed by atoms with E-state index >= 15 is 0 Å². The molecule has 1 aromatic heterocycles. The monoisotopic (exact) mass is 489 g/mol. The topological polar surface area (TPSA) is 103 Å². The smallest absolute Gasteiger partial charge is 0.271 e. The largest absolute Gasteiger partial charge is 0.324 e. The lowest BCUT2D eigenvalue weighted by Gasteiger charge is -2.56. The molecule has 1 N–H and O–H groups in total. The van der Waals surface area contributed by atoms with Gasteiger partial charge in [0, 0.05) is 25.1 Å².